The van der Waals surface area contributed by atoms with Crippen molar-refractivity contribution < 1.29 is 4.79 Å². The monoisotopic (exact) mass is 283 g/mol. The van der Waals surface area contributed by atoms with Gasteiger partial charge in [0.05, 0.1) is 5.56 Å². The van der Waals surface area contributed by atoms with Crippen molar-refractivity contribution >= 4 is 24.0 Å². The number of nitrogens with two attached hydrogens (primary N) is 1. The molecule has 106 valence electrons. The Balaban J connectivity index is 0.00000180. The molecule has 0 aromatic carbocycles. The lowest BCUT2D eigenvalue weighted by atomic mass is 9.78. The van der Waals surface area contributed by atoms with Crippen LogP contribution in [0, 0.1) is 5.41 Å². The van der Waals surface area contributed by atoms with E-state index in [1.165, 1.54) is 6.42 Å². The summed E-state index contributed by atoms with van der Waals surface area (Å²) in [6.45, 7) is 6.15. The third kappa shape index (κ3) is 3.38. The van der Waals surface area contributed by atoms with Crippen LogP contribution in [-0.2, 0) is 0 Å². The number of likely N-dealkylation sites (tertiary alicyclic amines) is 1. The lowest BCUT2D eigenvalue weighted by Gasteiger charge is -2.39. The number of hydrogen-bond donors (Lipinski definition) is 1. The Morgan fingerprint density at radius 3 is 2.63 bits per heavy atom. The molecule has 0 saturated carbocycles. The number of halogens is 1. The highest BCUT2D eigenvalue weighted by Crippen LogP contribution is 2.34. The number of nitrogen functional groups attached to an aromatic ring is 1. The molecular weight excluding hydrogens is 262 g/mol. The summed E-state index contributed by atoms with van der Waals surface area (Å²) in [7, 11) is 0. The largest absolute Gasteiger partial charge is 0.398 e. The molecule has 2 N–H and O–H groups in total. The molecule has 2 rings (SSSR count). The SMILES string of the molecule is CCC1(C)CCN(C(=O)c2cnccc2N)CC1.Cl. The summed E-state index contributed by atoms with van der Waals surface area (Å²) < 4.78 is 0. The van der Waals surface area contributed by atoms with Crippen molar-refractivity contribution in [3.8, 4) is 0 Å². The Hall–Kier alpha value is -1.29. The predicted molar refractivity (Wildman–Crippen MR) is 79.4 cm³/mol. The first-order valence-electron chi connectivity index (χ1n) is 6.54. The summed E-state index contributed by atoms with van der Waals surface area (Å²) in [6.07, 6.45) is 6.47. The van der Waals surface area contributed by atoms with Crippen LogP contribution >= 0.6 is 12.4 Å². The van der Waals surface area contributed by atoms with Crippen LogP contribution in [0.1, 0.15) is 43.5 Å². The van der Waals surface area contributed by atoms with Gasteiger partial charge in [0.15, 0.2) is 0 Å². The van der Waals surface area contributed by atoms with E-state index in [0.29, 0.717) is 16.7 Å². The quantitative estimate of drug-likeness (QED) is 0.908. The molecule has 0 aliphatic carbocycles. The first kappa shape index (κ1) is 15.8. The van der Waals surface area contributed by atoms with Gasteiger partial charge in [0.25, 0.3) is 5.91 Å². The number of carbonyl (C=O) groups is 1. The lowest BCUT2D eigenvalue weighted by Crippen LogP contribution is -2.42. The summed E-state index contributed by atoms with van der Waals surface area (Å²) >= 11 is 0. The number of carbonyl (C=O) groups excluding carboxylic acids is 1. The van der Waals surface area contributed by atoms with Crippen molar-refractivity contribution in [2.24, 2.45) is 5.41 Å². The number of hydrogen-bond acceptors (Lipinski definition) is 3. The molecule has 19 heavy (non-hydrogen) atoms. The molecule has 1 amide bonds. The van der Waals surface area contributed by atoms with Gasteiger partial charge in [-0.2, -0.15) is 0 Å². The van der Waals surface area contributed by atoms with Gasteiger partial charge in [-0.25, -0.2) is 0 Å². The van der Waals surface area contributed by atoms with Crippen molar-refractivity contribution in [1.29, 1.82) is 0 Å². The van der Waals surface area contributed by atoms with Gasteiger partial charge in [0.1, 0.15) is 0 Å². The van der Waals surface area contributed by atoms with E-state index in [-0.39, 0.29) is 18.3 Å². The zero-order valence-corrected chi connectivity index (χ0v) is 12.4. The van der Waals surface area contributed by atoms with E-state index < -0.39 is 0 Å². The van der Waals surface area contributed by atoms with E-state index >= 15 is 0 Å². The molecule has 1 fully saturated rings. The Morgan fingerprint density at radius 1 is 1.47 bits per heavy atom. The van der Waals surface area contributed by atoms with E-state index in [2.05, 4.69) is 18.8 Å². The van der Waals surface area contributed by atoms with Crippen LogP contribution in [0.25, 0.3) is 0 Å². The second-order valence-corrected chi connectivity index (χ2v) is 5.42. The summed E-state index contributed by atoms with van der Waals surface area (Å²) in [6, 6.07) is 1.67. The highest BCUT2D eigenvalue weighted by molar-refractivity contribution is 5.98. The molecular formula is C14H22ClN3O. The maximum absolute atomic E-state index is 12.3. The first-order chi connectivity index (χ1) is 8.56. The van der Waals surface area contributed by atoms with Crippen LogP contribution < -0.4 is 5.73 Å². The van der Waals surface area contributed by atoms with Crippen molar-refractivity contribution in [3.63, 3.8) is 0 Å². The highest BCUT2D eigenvalue weighted by Gasteiger charge is 2.31. The van der Waals surface area contributed by atoms with Crippen LogP contribution in [0.4, 0.5) is 5.69 Å². The average Bonchev–Trinajstić information content (AvgIpc) is 2.39. The van der Waals surface area contributed by atoms with Gasteiger partial charge < -0.3 is 10.6 Å². The molecule has 5 heteroatoms. The van der Waals surface area contributed by atoms with E-state index in [4.69, 9.17) is 5.73 Å². The van der Waals surface area contributed by atoms with E-state index in [0.717, 1.165) is 25.9 Å². The Labute approximate surface area is 120 Å². The van der Waals surface area contributed by atoms with Crippen LogP contribution in [-0.4, -0.2) is 28.9 Å². The molecule has 4 nitrogen and oxygen atoms in total. The topological polar surface area (TPSA) is 59.2 Å². The maximum atomic E-state index is 12.3. The fourth-order valence-electron chi connectivity index (χ4n) is 2.36. The third-order valence-electron chi connectivity index (χ3n) is 4.20. The number of piperidine rings is 1. The molecule has 0 spiro atoms. The van der Waals surface area contributed by atoms with Gasteiger partial charge >= 0.3 is 0 Å². The molecule has 1 aliphatic heterocycles. The van der Waals surface area contributed by atoms with Gasteiger partial charge in [-0.15, -0.1) is 12.4 Å². The molecule has 2 heterocycles. The maximum Gasteiger partial charge on any atom is 0.257 e. The van der Waals surface area contributed by atoms with Crippen LogP contribution in [0.5, 0.6) is 0 Å². The van der Waals surface area contributed by atoms with Crippen molar-refractivity contribution in [3.05, 3.63) is 24.0 Å². The van der Waals surface area contributed by atoms with Crippen molar-refractivity contribution in [1.82, 2.24) is 9.88 Å². The summed E-state index contributed by atoms with van der Waals surface area (Å²) in [5.41, 5.74) is 7.24. The van der Waals surface area contributed by atoms with Crippen LogP contribution in [0.2, 0.25) is 0 Å². The molecule has 0 radical (unpaired) electrons. The van der Waals surface area contributed by atoms with Crippen molar-refractivity contribution in [2.75, 3.05) is 18.8 Å². The van der Waals surface area contributed by atoms with Crippen molar-refractivity contribution in [2.45, 2.75) is 33.1 Å². The zero-order chi connectivity index (χ0) is 13.2. The summed E-state index contributed by atoms with van der Waals surface area (Å²) in [5, 5.41) is 0. The van der Waals surface area contributed by atoms with Gasteiger partial charge in [0.2, 0.25) is 0 Å². The smallest absolute Gasteiger partial charge is 0.257 e. The van der Waals surface area contributed by atoms with Gasteiger partial charge in [-0.05, 0) is 24.3 Å². The minimum absolute atomic E-state index is 0. The third-order valence-corrected chi connectivity index (χ3v) is 4.20. The highest BCUT2D eigenvalue weighted by atomic mass is 35.5. The van der Waals surface area contributed by atoms with Gasteiger partial charge in [-0.1, -0.05) is 20.3 Å². The van der Waals surface area contributed by atoms with E-state index in [1.54, 1.807) is 18.5 Å². The van der Waals surface area contributed by atoms with Crippen LogP contribution in [0.3, 0.4) is 0 Å². The minimum atomic E-state index is 0. The first-order valence-corrected chi connectivity index (χ1v) is 6.54. The van der Waals surface area contributed by atoms with E-state index in [9.17, 15) is 4.79 Å². The zero-order valence-electron chi connectivity index (χ0n) is 11.6. The predicted octanol–water partition coefficient (Wildman–Crippen LogP) is 2.74. The molecule has 1 saturated heterocycles. The molecule has 1 aromatic heterocycles. The Kier molecular flexibility index (Phi) is 5.18. The fourth-order valence-corrected chi connectivity index (χ4v) is 2.36. The molecule has 1 aliphatic rings. The lowest BCUT2D eigenvalue weighted by molar-refractivity contribution is 0.0601. The molecule has 0 unspecified atom stereocenters. The number of amides is 1. The van der Waals surface area contributed by atoms with E-state index in [1.807, 2.05) is 4.90 Å². The molecule has 0 bridgehead atoms. The minimum Gasteiger partial charge on any atom is -0.398 e. The fraction of sp³-hybridized carbons (Fsp3) is 0.571. The summed E-state index contributed by atoms with van der Waals surface area (Å²) in [4.78, 5) is 18.2. The normalized spacial score (nSPS) is 17.7. The van der Waals surface area contributed by atoms with Gasteiger partial charge in [-0.3, -0.25) is 9.78 Å². The average molecular weight is 284 g/mol. The standard InChI is InChI=1S/C14H21N3O.ClH/c1-3-14(2)5-8-17(9-6-14)13(18)11-10-16-7-4-12(11)15;/h4,7,10H,3,5-6,8-9H2,1-2H3,(H2,15,16);1H. The Bertz CT molecular complexity index is 442. The second kappa shape index (κ2) is 6.24. The van der Waals surface area contributed by atoms with Crippen LogP contribution in [0.15, 0.2) is 18.5 Å². The summed E-state index contributed by atoms with van der Waals surface area (Å²) in [5.74, 6) is 0.0127. The Morgan fingerprint density at radius 2 is 2.11 bits per heavy atom. The number of nitrogens with zero attached hydrogens (tertiary/aromatic N) is 2. The number of aromatic nitrogens is 1. The number of anilines is 1. The molecule has 0 atom stereocenters. The molecule has 1 aromatic rings. The number of rotatable bonds is 2. The van der Waals surface area contributed by atoms with Gasteiger partial charge in [0, 0.05) is 31.2 Å². The number of pyridine rings is 1. The second-order valence-electron chi connectivity index (χ2n) is 5.42.